The Bertz CT molecular complexity index is 1130. The molecule has 4 rings (SSSR count). The van der Waals surface area contributed by atoms with Gasteiger partial charge in [-0.25, -0.2) is 0 Å². The first-order valence-electron chi connectivity index (χ1n) is 10.3. The summed E-state index contributed by atoms with van der Waals surface area (Å²) in [5.74, 6) is 0.103. The molecule has 4 aromatic rings. The van der Waals surface area contributed by atoms with Gasteiger partial charge in [0, 0.05) is 35.2 Å². The van der Waals surface area contributed by atoms with Crippen molar-refractivity contribution < 1.29 is 4.79 Å². The van der Waals surface area contributed by atoms with Crippen molar-refractivity contribution in [3.05, 3.63) is 102 Å². The summed E-state index contributed by atoms with van der Waals surface area (Å²) in [7, 11) is 0. The maximum atomic E-state index is 12.7. The highest BCUT2D eigenvalue weighted by Crippen LogP contribution is 2.30. The maximum Gasteiger partial charge on any atom is 0.241 e. The Kier molecular flexibility index (Phi) is 5.96. The minimum Gasteiger partial charge on any atom is -0.361 e. The van der Waals surface area contributed by atoms with Gasteiger partial charge in [0.15, 0.2) is 0 Å². The lowest BCUT2D eigenvalue weighted by Gasteiger charge is -2.21. The lowest BCUT2D eigenvalue weighted by Crippen LogP contribution is -2.40. The molecule has 0 aliphatic rings. The van der Waals surface area contributed by atoms with Crippen molar-refractivity contribution in [3.63, 3.8) is 0 Å². The van der Waals surface area contributed by atoms with E-state index in [9.17, 15) is 4.79 Å². The first-order valence-corrected chi connectivity index (χ1v) is 10.3. The number of amides is 1. The number of aryl methyl sites for hydroxylation is 1. The summed E-state index contributed by atoms with van der Waals surface area (Å²) in [6.45, 7) is 4.56. The van der Waals surface area contributed by atoms with Crippen molar-refractivity contribution in [2.24, 2.45) is 0 Å². The zero-order valence-electron chi connectivity index (χ0n) is 17.4. The fraction of sp³-hybridized carbons (Fsp3) is 0.192. The van der Waals surface area contributed by atoms with Gasteiger partial charge in [-0.2, -0.15) is 0 Å². The van der Waals surface area contributed by atoms with Crippen LogP contribution in [0.2, 0.25) is 0 Å². The van der Waals surface area contributed by atoms with Gasteiger partial charge in [-0.3, -0.25) is 4.79 Å². The molecule has 1 heterocycles. The fourth-order valence-corrected chi connectivity index (χ4v) is 3.82. The van der Waals surface area contributed by atoms with Crippen LogP contribution in [-0.4, -0.2) is 23.5 Å². The zero-order chi connectivity index (χ0) is 20.9. The molecule has 1 amide bonds. The minimum absolute atomic E-state index is 0.0324. The molecule has 0 aliphatic carbocycles. The van der Waals surface area contributed by atoms with Crippen molar-refractivity contribution in [2.45, 2.75) is 25.8 Å². The van der Waals surface area contributed by atoms with E-state index < -0.39 is 0 Å². The largest absolute Gasteiger partial charge is 0.361 e. The molecule has 3 aromatic carbocycles. The summed E-state index contributed by atoms with van der Waals surface area (Å²) in [6, 6.07) is 26.3. The summed E-state index contributed by atoms with van der Waals surface area (Å²) >= 11 is 0. The molecule has 0 fully saturated rings. The third kappa shape index (κ3) is 4.29. The first kappa shape index (κ1) is 19.9. The molecule has 152 valence electrons. The van der Waals surface area contributed by atoms with Crippen LogP contribution in [-0.2, 0) is 4.79 Å². The average molecular weight is 398 g/mol. The molecule has 0 saturated carbocycles. The van der Waals surface area contributed by atoms with Gasteiger partial charge in [0.1, 0.15) is 0 Å². The predicted molar refractivity (Wildman–Crippen MR) is 124 cm³/mol. The van der Waals surface area contributed by atoms with Gasteiger partial charge >= 0.3 is 0 Å². The van der Waals surface area contributed by atoms with Crippen LogP contribution in [0, 0.1) is 6.92 Å². The summed E-state index contributed by atoms with van der Waals surface area (Å²) in [5.41, 5.74) is 5.49. The topological polar surface area (TPSA) is 56.9 Å². The van der Waals surface area contributed by atoms with Gasteiger partial charge in [-0.1, -0.05) is 66.7 Å². The van der Waals surface area contributed by atoms with Crippen molar-refractivity contribution >= 4 is 22.5 Å². The van der Waals surface area contributed by atoms with Crippen LogP contribution in [0.4, 0.5) is 5.69 Å². The van der Waals surface area contributed by atoms with Crippen LogP contribution in [0.5, 0.6) is 0 Å². The number of rotatable bonds is 7. The van der Waals surface area contributed by atoms with Crippen LogP contribution in [0.15, 0.2) is 85.1 Å². The number of H-pyrrole nitrogens is 1. The number of hydrogen-bond acceptors (Lipinski definition) is 2. The summed E-state index contributed by atoms with van der Waals surface area (Å²) < 4.78 is 0. The Hall–Kier alpha value is -3.37. The predicted octanol–water partition coefficient (Wildman–Crippen LogP) is 5.23. The van der Waals surface area contributed by atoms with Gasteiger partial charge in [-0.05, 0) is 42.7 Å². The second-order valence-electron chi connectivity index (χ2n) is 7.69. The van der Waals surface area contributed by atoms with Gasteiger partial charge in [-0.15, -0.1) is 0 Å². The van der Waals surface area contributed by atoms with Crippen molar-refractivity contribution in [1.29, 1.82) is 0 Å². The monoisotopic (exact) mass is 397 g/mol. The van der Waals surface area contributed by atoms with Gasteiger partial charge in [0.05, 0.1) is 6.04 Å². The van der Waals surface area contributed by atoms with Crippen molar-refractivity contribution in [2.75, 3.05) is 11.9 Å². The SMILES string of the molecule is Cc1ccccc1NC(=O)C(C)NCC(c1ccccc1)c1c[nH]c2ccccc12. The van der Waals surface area contributed by atoms with E-state index in [2.05, 4.69) is 64.3 Å². The van der Waals surface area contributed by atoms with E-state index in [-0.39, 0.29) is 17.9 Å². The number of hydrogen-bond donors (Lipinski definition) is 3. The Morgan fingerprint density at radius 3 is 2.43 bits per heavy atom. The van der Waals surface area contributed by atoms with Crippen LogP contribution >= 0.6 is 0 Å². The standard InChI is InChI=1S/C26H27N3O/c1-18-10-6-8-14-24(18)29-26(30)19(2)27-16-22(20-11-4-3-5-12-20)23-17-28-25-15-9-7-13-21(23)25/h3-15,17,19,22,27-28H,16H2,1-2H3,(H,29,30). The number of aromatic nitrogens is 1. The van der Waals surface area contributed by atoms with Crippen LogP contribution < -0.4 is 10.6 Å². The molecule has 3 N–H and O–H groups in total. The molecule has 4 nitrogen and oxygen atoms in total. The molecule has 4 heteroatoms. The summed E-state index contributed by atoms with van der Waals surface area (Å²) in [4.78, 5) is 16.1. The van der Waals surface area contributed by atoms with E-state index in [0.717, 1.165) is 16.8 Å². The molecule has 30 heavy (non-hydrogen) atoms. The Morgan fingerprint density at radius 2 is 1.63 bits per heavy atom. The highest BCUT2D eigenvalue weighted by atomic mass is 16.2. The number of para-hydroxylation sites is 2. The summed E-state index contributed by atoms with van der Waals surface area (Å²) in [5, 5.41) is 7.69. The highest BCUT2D eigenvalue weighted by molar-refractivity contribution is 5.95. The molecular weight excluding hydrogens is 370 g/mol. The third-order valence-corrected chi connectivity index (χ3v) is 5.62. The quantitative estimate of drug-likeness (QED) is 0.400. The van der Waals surface area contributed by atoms with Gasteiger partial charge in [0.2, 0.25) is 5.91 Å². The number of nitrogens with one attached hydrogen (secondary N) is 3. The van der Waals surface area contributed by atoms with E-state index >= 15 is 0 Å². The normalized spacial score (nSPS) is 13.1. The Balaban J connectivity index is 1.53. The number of carbonyl (C=O) groups is 1. The van der Waals surface area contributed by atoms with E-state index in [1.54, 1.807) is 0 Å². The third-order valence-electron chi connectivity index (χ3n) is 5.62. The second-order valence-corrected chi connectivity index (χ2v) is 7.69. The molecule has 0 spiro atoms. The summed E-state index contributed by atoms with van der Waals surface area (Å²) in [6.07, 6.45) is 2.09. The van der Waals surface area contributed by atoms with Gasteiger partial charge in [0.25, 0.3) is 0 Å². The van der Waals surface area contributed by atoms with E-state index in [4.69, 9.17) is 0 Å². The molecule has 0 aliphatic heterocycles. The van der Waals surface area contributed by atoms with Crippen LogP contribution in [0.25, 0.3) is 10.9 Å². The van der Waals surface area contributed by atoms with Crippen LogP contribution in [0.1, 0.15) is 29.5 Å². The van der Waals surface area contributed by atoms with E-state index in [1.165, 1.54) is 16.5 Å². The van der Waals surface area contributed by atoms with Crippen molar-refractivity contribution in [3.8, 4) is 0 Å². The van der Waals surface area contributed by atoms with E-state index in [1.807, 2.05) is 50.2 Å². The van der Waals surface area contributed by atoms with Gasteiger partial charge < -0.3 is 15.6 Å². The second kappa shape index (κ2) is 8.97. The number of anilines is 1. The average Bonchev–Trinajstić information content (AvgIpc) is 3.20. The molecule has 0 radical (unpaired) electrons. The Labute approximate surface area is 177 Å². The molecule has 0 bridgehead atoms. The highest BCUT2D eigenvalue weighted by Gasteiger charge is 2.21. The lowest BCUT2D eigenvalue weighted by atomic mass is 9.90. The van der Waals surface area contributed by atoms with Crippen LogP contribution in [0.3, 0.4) is 0 Å². The Morgan fingerprint density at radius 1 is 0.933 bits per heavy atom. The number of aromatic amines is 1. The fourth-order valence-electron chi connectivity index (χ4n) is 3.82. The van der Waals surface area contributed by atoms with E-state index in [0.29, 0.717) is 6.54 Å². The lowest BCUT2D eigenvalue weighted by molar-refractivity contribution is -0.117. The molecule has 2 unspecified atom stereocenters. The number of carbonyl (C=O) groups excluding carboxylic acids is 1. The molecule has 0 saturated heterocycles. The first-order chi connectivity index (χ1) is 14.6. The number of benzene rings is 3. The molecule has 2 atom stereocenters. The number of fused-ring (bicyclic) bond motifs is 1. The molecular formula is C26H27N3O. The molecule has 1 aromatic heterocycles. The minimum atomic E-state index is -0.318. The van der Waals surface area contributed by atoms with Crippen molar-refractivity contribution in [1.82, 2.24) is 10.3 Å². The maximum absolute atomic E-state index is 12.7. The zero-order valence-corrected chi connectivity index (χ0v) is 17.4. The smallest absolute Gasteiger partial charge is 0.241 e.